The summed E-state index contributed by atoms with van der Waals surface area (Å²) in [6.45, 7) is 2.71. The van der Waals surface area contributed by atoms with Crippen molar-refractivity contribution in [3.05, 3.63) is 0 Å². The predicted molar refractivity (Wildman–Crippen MR) is 68.6 cm³/mol. The molecule has 0 aliphatic heterocycles. The Labute approximate surface area is 103 Å². The van der Waals surface area contributed by atoms with Crippen LogP contribution in [0.5, 0.6) is 0 Å². The van der Waals surface area contributed by atoms with Gasteiger partial charge in [0, 0.05) is 26.3 Å². The summed E-state index contributed by atoms with van der Waals surface area (Å²) < 4.78 is 10.4. The minimum atomic E-state index is 0.240. The van der Waals surface area contributed by atoms with Crippen LogP contribution in [0.1, 0.15) is 26.2 Å². The summed E-state index contributed by atoms with van der Waals surface area (Å²) in [4.78, 5) is 0. The first-order valence-corrected chi connectivity index (χ1v) is 6.15. The van der Waals surface area contributed by atoms with E-state index in [2.05, 4.69) is 10.6 Å². The smallest absolute Gasteiger partial charge is 0.166 e. The molecule has 2 N–H and O–H groups in total. The Morgan fingerprint density at radius 3 is 2.75 bits per heavy atom. The van der Waals surface area contributed by atoms with Crippen LogP contribution in [-0.2, 0) is 9.47 Å². The second kappa shape index (κ2) is 7.04. The number of methoxy groups -OCH3 is 2. The van der Waals surface area contributed by atoms with E-state index in [0.29, 0.717) is 23.9 Å². The number of hydrogen-bond acceptors (Lipinski definition) is 3. The Bertz CT molecular complexity index is 226. The van der Waals surface area contributed by atoms with Crippen LogP contribution in [0, 0.1) is 0 Å². The van der Waals surface area contributed by atoms with E-state index in [9.17, 15) is 0 Å². The van der Waals surface area contributed by atoms with Crippen molar-refractivity contribution in [2.24, 2.45) is 0 Å². The summed E-state index contributed by atoms with van der Waals surface area (Å²) >= 11 is 5.24. The molecule has 0 saturated heterocycles. The third kappa shape index (κ3) is 4.63. The molecule has 0 aromatic carbocycles. The van der Waals surface area contributed by atoms with Crippen LogP contribution in [0.3, 0.4) is 0 Å². The lowest BCUT2D eigenvalue weighted by atomic mass is 10.2. The van der Waals surface area contributed by atoms with Gasteiger partial charge in [0.05, 0.1) is 12.7 Å². The zero-order valence-corrected chi connectivity index (χ0v) is 11.1. The Kier molecular flexibility index (Phi) is 6.01. The van der Waals surface area contributed by atoms with E-state index < -0.39 is 0 Å². The maximum absolute atomic E-state index is 5.32. The van der Waals surface area contributed by atoms with Gasteiger partial charge < -0.3 is 20.1 Å². The molecule has 0 bridgehead atoms. The number of rotatable bonds is 5. The summed E-state index contributed by atoms with van der Waals surface area (Å²) in [5.74, 6) is 0. The molecule has 1 aliphatic carbocycles. The molecule has 1 rings (SSSR count). The fraction of sp³-hybridized carbons (Fsp3) is 0.909. The van der Waals surface area contributed by atoms with Crippen molar-refractivity contribution < 1.29 is 9.47 Å². The van der Waals surface area contributed by atoms with Gasteiger partial charge in [0.1, 0.15) is 0 Å². The Hall–Kier alpha value is -0.390. The van der Waals surface area contributed by atoms with Crippen LogP contribution in [0.4, 0.5) is 0 Å². The highest BCUT2D eigenvalue weighted by molar-refractivity contribution is 7.80. The fourth-order valence-corrected chi connectivity index (χ4v) is 2.40. The summed E-state index contributed by atoms with van der Waals surface area (Å²) in [5.41, 5.74) is 0. The molecule has 0 aromatic heterocycles. The lowest BCUT2D eigenvalue weighted by Crippen LogP contribution is -2.45. The molecule has 3 unspecified atom stereocenters. The minimum absolute atomic E-state index is 0.240. The van der Waals surface area contributed by atoms with Gasteiger partial charge in [-0.1, -0.05) is 0 Å². The SMILES string of the molecule is COCC(C)NC(=S)NC1CCC(OC)C1. The number of thiocarbonyl (C=S) groups is 1. The molecule has 0 spiro atoms. The Morgan fingerprint density at radius 1 is 1.44 bits per heavy atom. The molecule has 16 heavy (non-hydrogen) atoms. The highest BCUT2D eigenvalue weighted by Gasteiger charge is 2.24. The molecule has 0 heterocycles. The minimum Gasteiger partial charge on any atom is -0.383 e. The lowest BCUT2D eigenvalue weighted by Gasteiger charge is -2.19. The molecule has 0 aromatic rings. The lowest BCUT2D eigenvalue weighted by molar-refractivity contribution is 0.107. The molecule has 1 aliphatic rings. The largest absolute Gasteiger partial charge is 0.383 e. The van der Waals surface area contributed by atoms with Crippen LogP contribution in [0.2, 0.25) is 0 Å². The normalized spacial score (nSPS) is 26.4. The van der Waals surface area contributed by atoms with Gasteiger partial charge in [-0.15, -0.1) is 0 Å². The third-order valence-corrected chi connectivity index (χ3v) is 3.08. The summed E-state index contributed by atoms with van der Waals surface area (Å²) in [7, 11) is 3.46. The van der Waals surface area contributed by atoms with Crippen molar-refractivity contribution in [1.82, 2.24) is 10.6 Å². The Balaban J connectivity index is 2.19. The van der Waals surface area contributed by atoms with Crippen LogP contribution in [-0.4, -0.2) is 44.1 Å². The van der Waals surface area contributed by atoms with Gasteiger partial charge in [0.15, 0.2) is 5.11 Å². The zero-order valence-electron chi connectivity index (χ0n) is 10.3. The van der Waals surface area contributed by atoms with Gasteiger partial charge in [0.25, 0.3) is 0 Å². The molecule has 1 saturated carbocycles. The fourth-order valence-electron chi connectivity index (χ4n) is 2.03. The van der Waals surface area contributed by atoms with Crippen molar-refractivity contribution in [3.8, 4) is 0 Å². The van der Waals surface area contributed by atoms with Gasteiger partial charge in [-0.25, -0.2) is 0 Å². The summed E-state index contributed by atoms with van der Waals surface area (Å²) in [6, 6.07) is 0.685. The molecule has 0 radical (unpaired) electrons. The van der Waals surface area contributed by atoms with E-state index >= 15 is 0 Å². The number of hydrogen-bond donors (Lipinski definition) is 2. The van der Waals surface area contributed by atoms with E-state index in [1.807, 2.05) is 6.92 Å². The van der Waals surface area contributed by atoms with Crippen molar-refractivity contribution in [3.63, 3.8) is 0 Å². The van der Waals surface area contributed by atoms with Gasteiger partial charge in [-0.05, 0) is 38.4 Å². The first-order valence-electron chi connectivity index (χ1n) is 5.74. The molecule has 94 valence electrons. The van der Waals surface area contributed by atoms with Crippen LogP contribution < -0.4 is 10.6 Å². The molecule has 1 fully saturated rings. The van der Waals surface area contributed by atoms with Crippen LogP contribution in [0.25, 0.3) is 0 Å². The first-order chi connectivity index (χ1) is 7.65. The number of ether oxygens (including phenoxy) is 2. The topological polar surface area (TPSA) is 42.5 Å². The van der Waals surface area contributed by atoms with Gasteiger partial charge in [0.2, 0.25) is 0 Å². The van der Waals surface area contributed by atoms with E-state index in [4.69, 9.17) is 21.7 Å². The average Bonchev–Trinajstić information content (AvgIpc) is 2.65. The van der Waals surface area contributed by atoms with E-state index in [1.165, 1.54) is 0 Å². The van der Waals surface area contributed by atoms with Crippen LogP contribution in [0.15, 0.2) is 0 Å². The van der Waals surface area contributed by atoms with Gasteiger partial charge in [-0.2, -0.15) is 0 Å². The van der Waals surface area contributed by atoms with Crippen molar-refractivity contribution in [2.45, 2.75) is 44.4 Å². The van der Waals surface area contributed by atoms with Crippen LogP contribution >= 0.6 is 12.2 Å². The molecular weight excluding hydrogens is 224 g/mol. The van der Waals surface area contributed by atoms with Gasteiger partial charge in [-0.3, -0.25) is 0 Å². The summed E-state index contributed by atoms with van der Waals surface area (Å²) in [5, 5.41) is 7.23. The predicted octanol–water partition coefficient (Wildman–Crippen LogP) is 1.05. The standard InChI is InChI=1S/C11H22N2O2S/c1-8(7-14-2)12-11(16)13-9-4-5-10(6-9)15-3/h8-10H,4-7H2,1-3H3,(H2,12,13,16). The molecule has 3 atom stereocenters. The first kappa shape index (κ1) is 13.7. The maximum Gasteiger partial charge on any atom is 0.166 e. The highest BCUT2D eigenvalue weighted by Crippen LogP contribution is 2.21. The third-order valence-electron chi connectivity index (χ3n) is 2.85. The quantitative estimate of drug-likeness (QED) is 0.710. The molecule has 5 heteroatoms. The van der Waals surface area contributed by atoms with Gasteiger partial charge >= 0.3 is 0 Å². The van der Waals surface area contributed by atoms with E-state index in [0.717, 1.165) is 19.3 Å². The highest BCUT2D eigenvalue weighted by atomic mass is 32.1. The number of nitrogens with one attached hydrogen (secondary N) is 2. The monoisotopic (exact) mass is 246 g/mol. The van der Waals surface area contributed by atoms with E-state index in [1.54, 1.807) is 14.2 Å². The zero-order chi connectivity index (χ0) is 12.0. The van der Waals surface area contributed by atoms with E-state index in [-0.39, 0.29) is 6.04 Å². The Morgan fingerprint density at radius 2 is 2.19 bits per heavy atom. The summed E-state index contributed by atoms with van der Waals surface area (Å²) in [6.07, 6.45) is 3.66. The second-order valence-corrected chi connectivity index (χ2v) is 4.75. The second-order valence-electron chi connectivity index (χ2n) is 4.34. The molecule has 0 amide bonds. The van der Waals surface area contributed by atoms with Crippen molar-refractivity contribution >= 4 is 17.3 Å². The average molecular weight is 246 g/mol. The molecular formula is C11H22N2O2S. The van der Waals surface area contributed by atoms with Crippen molar-refractivity contribution in [1.29, 1.82) is 0 Å². The molecule has 4 nitrogen and oxygen atoms in total. The maximum atomic E-state index is 5.32. The van der Waals surface area contributed by atoms with Crippen molar-refractivity contribution in [2.75, 3.05) is 20.8 Å².